The van der Waals surface area contributed by atoms with E-state index in [1.54, 1.807) is 49.4 Å². The molecule has 0 aliphatic rings. The van der Waals surface area contributed by atoms with Crippen molar-refractivity contribution >= 4 is 43.8 Å². The molecule has 0 aliphatic heterocycles. The van der Waals surface area contributed by atoms with E-state index in [4.69, 9.17) is 9.47 Å². The smallest absolute Gasteiger partial charge is 0.260 e. The molecule has 2 aromatic carbocycles. The number of benzene rings is 2. The van der Waals surface area contributed by atoms with E-state index in [-0.39, 0.29) is 0 Å². The summed E-state index contributed by atoms with van der Waals surface area (Å²) in [6.07, 6.45) is 4.09. The van der Waals surface area contributed by atoms with Gasteiger partial charge in [-0.25, -0.2) is 13.8 Å². The van der Waals surface area contributed by atoms with Gasteiger partial charge in [-0.2, -0.15) is 5.10 Å². The molecule has 0 radical (unpaired) electrons. The molecule has 166 valence electrons. The molecule has 0 aliphatic carbocycles. The third kappa shape index (κ3) is 6.83. The number of methoxy groups -OCH3 is 1. The third-order valence-electron chi connectivity index (χ3n) is 4.07. The minimum absolute atomic E-state index is 0.316. The number of nitrogens with one attached hydrogen (secondary N) is 1. The summed E-state index contributed by atoms with van der Waals surface area (Å²) in [6, 6.07) is 10.4. The maximum absolute atomic E-state index is 12.3. The Morgan fingerprint density at radius 1 is 1.32 bits per heavy atom. The van der Waals surface area contributed by atoms with E-state index < -0.39 is 22.5 Å². The van der Waals surface area contributed by atoms with Crippen LogP contribution in [0, 0.1) is 6.92 Å². The van der Waals surface area contributed by atoms with Crippen LogP contribution in [0.15, 0.2) is 58.6 Å². The number of hydrogen-bond donors (Lipinski definition) is 1. The first-order chi connectivity index (χ1) is 14.7. The zero-order chi connectivity index (χ0) is 23.0. The summed E-state index contributed by atoms with van der Waals surface area (Å²) in [5.74, 6) is 0.416. The number of hydrogen-bond acceptors (Lipinski definition) is 6. The van der Waals surface area contributed by atoms with Crippen molar-refractivity contribution in [2.45, 2.75) is 6.92 Å². The molecule has 2 rings (SSSR count). The number of nitrogens with zero attached hydrogens (tertiary/aromatic N) is 2. The second kappa shape index (κ2) is 11.0. The lowest BCUT2D eigenvalue weighted by molar-refractivity contribution is -0.119. The number of rotatable bonds is 10. The molecule has 0 aromatic heterocycles. The van der Waals surface area contributed by atoms with Crippen LogP contribution in [0.4, 0.5) is 5.69 Å². The van der Waals surface area contributed by atoms with Gasteiger partial charge in [0, 0.05) is 0 Å². The van der Waals surface area contributed by atoms with Gasteiger partial charge in [0.15, 0.2) is 11.5 Å². The number of hydrazone groups is 1. The maximum atomic E-state index is 12.3. The number of anilines is 1. The molecule has 10 heteroatoms. The molecule has 0 spiro atoms. The van der Waals surface area contributed by atoms with Crippen LogP contribution in [0.2, 0.25) is 0 Å². The van der Waals surface area contributed by atoms with Crippen molar-refractivity contribution in [3.63, 3.8) is 0 Å². The second-order valence-corrected chi connectivity index (χ2v) is 9.24. The Kier molecular flexibility index (Phi) is 8.64. The van der Waals surface area contributed by atoms with Crippen molar-refractivity contribution in [3.8, 4) is 11.5 Å². The lowest BCUT2D eigenvalue weighted by atomic mass is 10.2. The Balaban J connectivity index is 2.13. The van der Waals surface area contributed by atoms with Crippen molar-refractivity contribution in [1.29, 1.82) is 0 Å². The highest BCUT2D eigenvalue weighted by Crippen LogP contribution is 2.36. The molecule has 1 N–H and O–H groups in total. The van der Waals surface area contributed by atoms with E-state index in [2.05, 4.69) is 33.0 Å². The summed E-state index contributed by atoms with van der Waals surface area (Å²) < 4.78 is 37.0. The molecular formula is C21H24BrN3O5S. The Hall–Kier alpha value is -2.85. The lowest BCUT2D eigenvalue weighted by Gasteiger charge is -2.23. The largest absolute Gasteiger partial charge is 0.493 e. The van der Waals surface area contributed by atoms with Crippen LogP contribution < -0.4 is 19.2 Å². The van der Waals surface area contributed by atoms with Gasteiger partial charge in [-0.15, -0.1) is 0 Å². The van der Waals surface area contributed by atoms with Gasteiger partial charge in [0.25, 0.3) is 5.91 Å². The van der Waals surface area contributed by atoms with E-state index >= 15 is 0 Å². The Bertz CT molecular complexity index is 1090. The van der Waals surface area contributed by atoms with E-state index in [1.807, 2.05) is 0 Å². The van der Waals surface area contributed by atoms with E-state index in [1.165, 1.54) is 13.3 Å². The summed E-state index contributed by atoms with van der Waals surface area (Å²) in [4.78, 5) is 12.3. The van der Waals surface area contributed by atoms with E-state index in [9.17, 15) is 13.2 Å². The first-order valence-corrected chi connectivity index (χ1v) is 11.8. The van der Waals surface area contributed by atoms with Crippen LogP contribution in [0.1, 0.15) is 11.1 Å². The van der Waals surface area contributed by atoms with Crippen molar-refractivity contribution in [2.75, 3.05) is 30.8 Å². The number of amides is 1. The fourth-order valence-electron chi connectivity index (χ4n) is 2.67. The third-order valence-corrected chi connectivity index (χ3v) is 5.79. The molecule has 2 aromatic rings. The number of ether oxygens (including phenoxy) is 2. The van der Waals surface area contributed by atoms with Crippen molar-refractivity contribution in [1.82, 2.24) is 5.43 Å². The number of carbonyl (C=O) groups is 1. The Morgan fingerprint density at radius 2 is 2.03 bits per heavy atom. The Labute approximate surface area is 190 Å². The number of sulfonamides is 1. The number of carbonyl (C=O) groups excluding carboxylic acids is 1. The Morgan fingerprint density at radius 3 is 2.65 bits per heavy atom. The van der Waals surface area contributed by atoms with Crippen molar-refractivity contribution < 1.29 is 22.7 Å². The summed E-state index contributed by atoms with van der Waals surface area (Å²) in [5.41, 5.74) is 4.16. The number of aryl methyl sites for hydroxylation is 1. The topological polar surface area (TPSA) is 97.3 Å². The first-order valence-electron chi connectivity index (χ1n) is 9.13. The minimum atomic E-state index is -3.66. The SMILES string of the molecule is C=CCOc1c(Br)cc(/C=N/NC(=O)CN(c2ccccc2C)S(C)(=O)=O)cc1OC. The molecule has 0 saturated carbocycles. The van der Waals surface area contributed by atoms with Crippen LogP contribution >= 0.6 is 15.9 Å². The van der Waals surface area contributed by atoms with Crippen LogP contribution in [0.25, 0.3) is 0 Å². The number of para-hydroxylation sites is 1. The summed E-state index contributed by atoms with van der Waals surface area (Å²) in [5, 5.41) is 3.92. The lowest BCUT2D eigenvalue weighted by Crippen LogP contribution is -2.39. The van der Waals surface area contributed by atoms with Crippen molar-refractivity contribution in [2.24, 2.45) is 5.10 Å². The monoisotopic (exact) mass is 509 g/mol. The average molecular weight is 510 g/mol. The average Bonchev–Trinajstić information content (AvgIpc) is 2.70. The zero-order valence-electron chi connectivity index (χ0n) is 17.5. The van der Waals surface area contributed by atoms with Crippen LogP contribution in [0.5, 0.6) is 11.5 Å². The summed E-state index contributed by atoms with van der Waals surface area (Å²) in [6.45, 7) is 5.30. The van der Waals surface area contributed by atoms with Gasteiger partial charge in [-0.05, 0) is 52.2 Å². The predicted molar refractivity (Wildman–Crippen MR) is 125 cm³/mol. The molecule has 0 atom stereocenters. The van der Waals surface area contributed by atoms with Gasteiger partial charge in [0.05, 0.1) is 29.7 Å². The van der Waals surface area contributed by atoms with Crippen LogP contribution in [-0.4, -0.2) is 47.1 Å². The fraction of sp³-hybridized carbons (Fsp3) is 0.238. The minimum Gasteiger partial charge on any atom is -0.493 e. The van der Waals surface area contributed by atoms with Gasteiger partial charge in [-0.1, -0.05) is 30.9 Å². The standard InChI is InChI=1S/C21H24BrN3O5S/c1-5-10-30-21-17(22)11-16(12-19(21)29-3)13-23-24-20(26)14-25(31(4,27)28)18-9-7-6-8-15(18)2/h5-9,11-13H,1,10,14H2,2-4H3,(H,24,26)/b23-13+. The van der Waals surface area contributed by atoms with Gasteiger partial charge in [-0.3, -0.25) is 9.10 Å². The van der Waals surface area contributed by atoms with Gasteiger partial charge in [0.2, 0.25) is 10.0 Å². The highest BCUT2D eigenvalue weighted by molar-refractivity contribution is 9.10. The van der Waals surface area contributed by atoms with Gasteiger partial charge in [0.1, 0.15) is 13.2 Å². The maximum Gasteiger partial charge on any atom is 0.260 e. The highest BCUT2D eigenvalue weighted by Gasteiger charge is 2.22. The number of halogens is 1. The van der Waals surface area contributed by atoms with Crippen molar-refractivity contribution in [3.05, 3.63) is 64.7 Å². The molecule has 0 unspecified atom stereocenters. The fourth-order valence-corrected chi connectivity index (χ4v) is 4.15. The summed E-state index contributed by atoms with van der Waals surface area (Å²) >= 11 is 3.42. The predicted octanol–water partition coefficient (Wildman–Crippen LogP) is 3.25. The van der Waals surface area contributed by atoms with Crippen LogP contribution in [-0.2, 0) is 14.8 Å². The first kappa shape index (κ1) is 24.4. The molecular weight excluding hydrogens is 486 g/mol. The summed E-state index contributed by atoms with van der Waals surface area (Å²) in [7, 11) is -2.15. The second-order valence-electron chi connectivity index (χ2n) is 6.48. The molecule has 8 nitrogen and oxygen atoms in total. The highest BCUT2D eigenvalue weighted by atomic mass is 79.9. The van der Waals surface area contributed by atoms with E-state index in [0.29, 0.717) is 33.8 Å². The van der Waals surface area contributed by atoms with E-state index in [0.717, 1.165) is 16.1 Å². The normalized spacial score (nSPS) is 11.2. The molecule has 31 heavy (non-hydrogen) atoms. The molecule has 0 bridgehead atoms. The van der Waals surface area contributed by atoms with Gasteiger partial charge >= 0.3 is 0 Å². The molecule has 0 heterocycles. The molecule has 0 saturated heterocycles. The quantitative estimate of drug-likeness (QED) is 0.301. The zero-order valence-corrected chi connectivity index (χ0v) is 19.9. The molecule has 0 fully saturated rings. The molecule has 1 amide bonds. The van der Waals surface area contributed by atoms with Gasteiger partial charge < -0.3 is 9.47 Å². The van der Waals surface area contributed by atoms with Crippen LogP contribution in [0.3, 0.4) is 0 Å².